The van der Waals surface area contributed by atoms with Gasteiger partial charge in [0.2, 0.25) is 10.0 Å². The molecule has 1 atom stereocenters. The van der Waals surface area contributed by atoms with E-state index in [1.807, 2.05) is 54.7 Å². The molecular weight excluding hydrogens is 470 g/mol. The Bertz CT molecular complexity index is 1490. The molecule has 186 valence electrons. The van der Waals surface area contributed by atoms with Crippen molar-refractivity contribution in [3.63, 3.8) is 0 Å². The Balaban J connectivity index is 1.61. The lowest BCUT2D eigenvalue weighted by molar-refractivity contribution is 0.100. The normalized spacial score (nSPS) is 16.9. The highest BCUT2D eigenvalue weighted by atomic mass is 32.2. The summed E-state index contributed by atoms with van der Waals surface area (Å²) in [7, 11) is -3.70. The van der Waals surface area contributed by atoms with Crippen LogP contribution in [-0.4, -0.2) is 30.2 Å². The van der Waals surface area contributed by atoms with Crippen LogP contribution in [0.15, 0.2) is 77.8 Å². The molecule has 0 radical (unpaired) electrons. The number of rotatable bonds is 7. The maximum atomic E-state index is 13.8. The molecule has 1 unspecified atom stereocenters. The van der Waals surface area contributed by atoms with Gasteiger partial charge in [0.05, 0.1) is 22.0 Å². The predicted molar refractivity (Wildman–Crippen MR) is 143 cm³/mol. The second-order valence-electron chi connectivity index (χ2n) is 9.44. The van der Waals surface area contributed by atoms with E-state index in [4.69, 9.17) is 5.73 Å². The number of piperidine rings is 1. The van der Waals surface area contributed by atoms with Gasteiger partial charge in [0.25, 0.3) is 5.91 Å². The molecule has 1 saturated heterocycles. The van der Waals surface area contributed by atoms with Gasteiger partial charge in [-0.05, 0) is 65.8 Å². The van der Waals surface area contributed by atoms with Crippen LogP contribution in [0.4, 0.5) is 0 Å². The molecular formula is C29H31N3O3S. The Morgan fingerprint density at radius 1 is 1.03 bits per heavy atom. The summed E-state index contributed by atoms with van der Waals surface area (Å²) < 4.78 is 29.2. The minimum Gasteiger partial charge on any atom is -0.366 e. The summed E-state index contributed by atoms with van der Waals surface area (Å²) in [4.78, 5) is 15.9. The first-order valence-electron chi connectivity index (χ1n) is 12.5. The van der Waals surface area contributed by atoms with Gasteiger partial charge in [-0.15, -0.1) is 0 Å². The van der Waals surface area contributed by atoms with E-state index < -0.39 is 15.9 Å². The number of carbonyl (C=O) groups excluding carboxylic acids is 1. The van der Waals surface area contributed by atoms with E-state index >= 15 is 0 Å². The van der Waals surface area contributed by atoms with E-state index in [1.54, 1.807) is 22.5 Å². The van der Waals surface area contributed by atoms with E-state index in [-0.39, 0.29) is 6.04 Å². The fourth-order valence-corrected chi connectivity index (χ4v) is 6.95. The number of nitrogens with one attached hydrogen (secondary N) is 1. The molecule has 1 aliphatic heterocycles. The SMILES string of the molecule is CCCc1ccc(S(=O)(=O)N2CCCCC2c2c[nH]c3c(C(N)=O)cc(-c4ccccc4)cc23)cc1. The van der Waals surface area contributed by atoms with Crippen LogP contribution >= 0.6 is 0 Å². The molecule has 6 nitrogen and oxygen atoms in total. The lowest BCUT2D eigenvalue weighted by Crippen LogP contribution is -2.38. The average Bonchev–Trinajstić information content (AvgIpc) is 3.33. The number of benzene rings is 3. The summed E-state index contributed by atoms with van der Waals surface area (Å²) in [6.45, 7) is 2.56. The van der Waals surface area contributed by atoms with E-state index in [0.29, 0.717) is 28.9 Å². The second-order valence-corrected chi connectivity index (χ2v) is 11.3. The summed E-state index contributed by atoms with van der Waals surface area (Å²) in [6.07, 6.45) is 6.23. The third kappa shape index (κ3) is 4.45. The number of amides is 1. The topological polar surface area (TPSA) is 96.3 Å². The molecule has 1 fully saturated rings. The number of aromatic nitrogens is 1. The maximum Gasteiger partial charge on any atom is 0.250 e. The Morgan fingerprint density at radius 3 is 2.47 bits per heavy atom. The zero-order valence-electron chi connectivity index (χ0n) is 20.4. The molecule has 0 saturated carbocycles. The van der Waals surface area contributed by atoms with Gasteiger partial charge in [-0.2, -0.15) is 4.31 Å². The second kappa shape index (κ2) is 9.91. The van der Waals surface area contributed by atoms with Crippen LogP contribution in [0.1, 0.15) is 60.1 Å². The van der Waals surface area contributed by atoms with Crippen molar-refractivity contribution < 1.29 is 13.2 Å². The average molecular weight is 502 g/mol. The smallest absolute Gasteiger partial charge is 0.250 e. The molecule has 0 spiro atoms. The highest BCUT2D eigenvalue weighted by Crippen LogP contribution is 2.40. The monoisotopic (exact) mass is 501 g/mol. The fraction of sp³-hybridized carbons (Fsp3) is 0.276. The molecule has 0 bridgehead atoms. The molecule has 7 heteroatoms. The third-order valence-electron chi connectivity index (χ3n) is 7.08. The number of nitrogens with two attached hydrogens (primary N) is 1. The van der Waals surface area contributed by atoms with Gasteiger partial charge in [0, 0.05) is 18.1 Å². The van der Waals surface area contributed by atoms with Crippen molar-refractivity contribution in [3.8, 4) is 11.1 Å². The van der Waals surface area contributed by atoms with Gasteiger partial charge >= 0.3 is 0 Å². The van der Waals surface area contributed by atoms with Crippen molar-refractivity contribution in [1.82, 2.24) is 9.29 Å². The van der Waals surface area contributed by atoms with Crippen LogP contribution in [0.3, 0.4) is 0 Å². The molecule has 36 heavy (non-hydrogen) atoms. The first-order valence-corrected chi connectivity index (χ1v) is 13.9. The van der Waals surface area contributed by atoms with Gasteiger partial charge in [-0.25, -0.2) is 8.42 Å². The van der Waals surface area contributed by atoms with E-state index in [0.717, 1.165) is 53.3 Å². The van der Waals surface area contributed by atoms with Crippen LogP contribution in [0.5, 0.6) is 0 Å². The Labute approximate surface area is 212 Å². The zero-order chi connectivity index (χ0) is 25.3. The van der Waals surface area contributed by atoms with Crippen LogP contribution in [-0.2, 0) is 16.4 Å². The number of H-pyrrole nitrogens is 1. The predicted octanol–water partition coefficient (Wildman–Crippen LogP) is 5.80. The van der Waals surface area contributed by atoms with Gasteiger partial charge in [-0.1, -0.05) is 62.2 Å². The minimum absolute atomic E-state index is 0.317. The van der Waals surface area contributed by atoms with Gasteiger partial charge < -0.3 is 10.7 Å². The summed E-state index contributed by atoms with van der Waals surface area (Å²) in [5.41, 5.74) is 10.6. The summed E-state index contributed by atoms with van der Waals surface area (Å²) in [5.74, 6) is -0.522. The van der Waals surface area contributed by atoms with Crippen molar-refractivity contribution in [2.45, 2.75) is 50.0 Å². The Morgan fingerprint density at radius 2 is 1.78 bits per heavy atom. The van der Waals surface area contributed by atoms with E-state index in [9.17, 15) is 13.2 Å². The van der Waals surface area contributed by atoms with Crippen molar-refractivity contribution in [1.29, 1.82) is 0 Å². The number of nitrogens with zero attached hydrogens (tertiary/aromatic N) is 1. The van der Waals surface area contributed by atoms with Crippen molar-refractivity contribution in [2.75, 3.05) is 6.54 Å². The van der Waals surface area contributed by atoms with Crippen LogP contribution in [0.2, 0.25) is 0 Å². The fourth-order valence-electron chi connectivity index (χ4n) is 5.28. The highest BCUT2D eigenvalue weighted by Gasteiger charge is 2.36. The van der Waals surface area contributed by atoms with Gasteiger partial charge in [-0.3, -0.25) is 4.79 Å². The molecule has 1 amide bonds. The number of primary amides is 1. The molecule has 5 rings (SSSR count). The summed E-state index contributed by atoms with van der Waals surface area (Å²) in [6, 6.07) is 20.6. The molecule has 3 aromatic carbocycles. The van der Waals surface area contributed by atoms with Crippen molar-refractivity contribution in [3.05, 3.63) is 89.6 Å². The number of fused-ring (bicyclic) bond motifs is 1. The molecule has 0 aliphatic carbocycles. The molecule has 3 N–H and O–H groups in total. The first-order chi connectivity index (χ1) is 17.4. The van der Waals surface area contributed by atoms with E-state index in [1.165, 1.54) is 0 Å². The van der Waals surface area contributed by atoms with Crippen molar-refractivity contribution in [2.24, 2.45) is 5.73 Å². The quantitative estimate of drug-likeness (QED) is 0.335. The van der Waals surface area contributed by atoms with E-state index in [2.05, 4.69) is 11.9 Å². The molecule has 1 aromatic heterocycles. The largest absolute Gasteiger partial charge is 0.366 e. The lowest BCUT2D eigenvalue weighted by atomic mass is 9.93. The van der Waals surface area contributed by atoms with Gasteiger partial charge in [0.15, 0.2) is 0 Å². The first kappa shape index (κ1) is 24.3. The molecule has 4 aromatic rings. The standard InChI is InChI=1S/C29H31N3O3S/c1-2-8-20-12-14-23(15-13-20)36(34,35)32-16-7-6-11-27(32)26-19-31-28-24(26)17-22(18-25(28)29(30)33)21-9-4-3-5-10-21/h3-5,9-10,12-15,17-19,27,31H,2,6-8,11,16H2,1H3,(H2,30,33). The number of aromatic amines is 1. The number of aryl methyl sites for hydroxylation is 1. The minimum atomic E-state index is -3.70. The van der Waals surface area contributed by atoms with Gasteiger partial charge in [0.1, 0.15) is 0 Å². The van der Waals surface area contributed by atoms with Crippen LogP contribution < -0.4 is 5.73 Å². The highest BCUT2D eigenvalue weighted by molar-refractivity contribution is 7.89. The Kier molecular flexibility index (Phi) is 6.69. The number of hydrogen-bond donors (Lipinski definition) is 2. The summed E-state index contributed by atoms with van der Waals surface area (Å²) >= 11 is 0. The maximum absolute atomic E-state index is 13.8. The lowest BCUT2D eigenvalue weighted by Gasteiger charge is -2.34. The van der Waals surface area contributed by atoms with Crippen LogP contribution in [0.25, 0.3) is 22.0 Å². The molecule has 2 heterocycles. The number of carbonyl (C=O) groups is 1. The summed E-state index contributed by atoms with van der Waals surface area (Å²) in [5, 5.41) is 0.829. The van der Waals surface area contributed by atoms with Crippen LogP contribution in [0, 0.1) is 0 Å². The molecule has 1 aliphatic rings. The third-order valence-corrected chi connectivity index (χ3v) is 9.00. The van der Waals surface area contributed by atoms with Crippen molar-refractivity contribution >= 4 is 26.8 Å². The number of sulfonamides is 1. The Hall–Kier alpha value is -3.42. The number of hydrogen-bond acceptors (Lipinski definition) is 3. The zero-order valence-corrected chi connectivity index (χ0v) is 21.2.